The first-order valence-corrected chi connectivity index (χ1v) is 17.6. The van der Waals surface area contributed by atoms with Crippen LogP contribution in [0, 0.1) is 0 Å². The van der Waals surface area contributed by atoms with Crippen LogP contribution >= 0.6 is 63.7 Å². The zero-order valence-corrected chi connectivity index (χ0v) is 29.6. The van der Waals surface area contributed by atoms with E-state index in [4.69, 9.17) is 0 Å². The molecule has 43 heavy (non-hydrogen) atoms. The Labute approximate surface area is 286 Å². The number of halogens is 4. The van der Waals surface area contributed by atoms with Gasteiger partial charge in [-0.2, -0.15) is 0 Å². The normalized spacial score (nSPS) is 24.2. The third-order valence-electron chi connectivity index (χ3n) is 8.83. The molecule has 220 valence electrons. The van der Waals surface area contributed by atoms with E-state index in [0.717, 1.165) is 24.3 Å². The Kier molecular flexibility index (Phi) is 8.79. The largest absolute Gasteiger partial charge is 0.293 e. The maximum Gasteiger partial charge on any atom is 0.196 e. The van der Waals surface area contributed by atoms with Gasteiger partial charge >= 0.3 is 0 Å². The van der Waals surface area contributed by atoms with Crippen molar-refractivity contribution in [2.24, 2.45) is 0 Å². The number of rotatable bonds is 8. The van der Waals surface area contributed by atoms with Gasteiger partial charge in [0.25, 0.3) is 0 Å². The third-order valence-corrected chi connectivity index (χ3v) is 10.9. The van der Waals surface area contributed by atoms with E-state index in [0.29, 0.717) is 26.2 Å². The van der Waals surface area contributed by atoms with Gasteiger partial charge in [-0.1, -0.05) is 112 Å². The van der Waals surface area contributed by atoms with Crippen LogP contribution < -0.4 is 0 Å². The summed E-state index contributed by atoms with van der Waals surface area (Å²) in [5.74, 6) is 0.260. The molecule has 0 spiro atoms. The molecule has 0 radical (unpaired) electrons. The molecule has 9 heteroatoms. The van der Waals surface area contributed by atoms with Crippen LogP contribution in [0.2, 0.25) is 0 Å². The highest BCUT2D eigenvalue weighted by atomic mass is 79.9. The van der Waals surface area contributed by atoms with Crippen molar-refractivity contribution >= 4 is 69.5 Å². The van der Waals surface area contributed by atoms with Gasteiger partial charge in [-0.15, -0.1) is 0 Å². The summed E-state index contributed by atoms with van der Waals surface area (Å²) in [6.07, 6.45) is 0.645. The van der Waals surface area contributed by atoms with E-state index in [1.54, 1.807) is 0 Å². The van der Waals surface area contributed by atoms with Crippen LogP contribution in [-0.4, -0.2) is 50.0 Å². The first-order valence-electron chi connectivity index (χ1n) is 14.4. The van der Waals surface area contributed by atoms with Crippen LogP contribution in [-0.2, 0) is 31.0 Å². The smallest absolute Gasteiger partial charge is 0.196 e. The number of nitrogens with zero attached hydrogens (tertiary/aromatic N) is 4. The molecule has 4 aromatic rings. The quantitative estimate of drug-likeness (QED) is 0.178. The molecule has 0 atom stereocenters. The van der Waals surface area contributed by atoms with Crippen molar-refractivity contribution in [1.82, 2.24) is 19.6 Å². The maximum absolute atomic E-state index is 14.8. The fourth-order valence-corrected chi connectivity index (χ4v) is 7.96. The molecule has 4 heterocycles. The Balaban J connectivity index is 1.29. The Bertz CT molecular complexity index is 1370. The minimum atomic E-state index is -0.289. The average Bonchev–Trinajstić information content (AvgIpc) is 3.00. The van der Waals surface area contributed by atoms with Gasteiger partial charge < -0.3 is 0 Å². The van der Waals surface area contributed by atoms with E-state index in [1.165, 1.54) is 22.3 Å². The fraction of sp³-hybridized carbons (Fsp3) is 0.265. The summed E-state index contributed by atoms with van der Waals surface area (Å²) in [5, 5.41) is 0. The second-order valence-electron chi connectivity index (χ2n) is 11.5. The summed E-state index contributed by atoms with van der Waals surface area (Å²) in [6.45, 7) is 2.87. The van der Waals surface area contributed by atoms with Gasteiger partial charge in [-0.05, 0) is 70.8 Å². The zero-order valence-electron chi connectivity index (χ0n) is 23.3. The number of ketones is 1. The van der Waals surface area contributed by atoms with Crippen molar-refractivity contribution in [2.45, 2.75) is 57.3 Å². The maximum atomic E-state index is 14.8. The van der Waals surface area contributed by atoms with Crippen LogP contribution in [0.3, 0.4) is 0 Å². The summed E-state index contributed by atoms with van der Waals surface area (Å²) >= 11 is 14.3. The molecule has 4 bridgehead atoms. The molecule has 5 nitrogen and oxygen atoms in total. The number of Topliss-reactive ketones (excluding diaryl/α,β-unsaturated/α-hetero) is 1. The molecular weight excluding hydrogens is 800 g/mol. The van der Waals surface area contributed by atoms with Gasteiger partial charge in [0.05, 0.1) is 12.3 Å². The summed E-state index contributed by atoms with van der Waals surface area (Å²) < 4.78 is 4.24. The first kappa shape index (κ1) is 30.0. The number of hydrogen-bond acceptors (Lipinski definition) is 5. The minimum absolute atomic E-state index is 0.146. The molecule has 4 fully saturated rings. The minimum Gasteiger partial charge on any atom is -0.293 e. The molecule has 0 N–H and O–H groups in total. The van der Waals surface area contributed by atoms with Crippen LogP contribution in [0.4, 0.5) is 0 Å². The van der Waals surface area contributed by atoms with E-state index < -0.39 is 0 Å². The molecule has 4 saturated heterocycles. The average molecular weight is 830 g/mol. The van der Waals surface area contributed by atoms with Crippen molar-refractivity contribution in [3.8, 4) is 0 Å². The fourth-order valence-electron chi connectivity index (χ4n) is 6.90. The van der Waals surface area contributed by atoms with Crippen LogP contribution in [0.25, 0.3) is 0 Å². The highest BCUT2D eigenvalue weighted by molar-refractivity contribution is 9.11. The zero-order chi connectivity index (χ0) is 29.7. The predicted octanol–water partition coefficient (Wildman–Crippen LogP) is 8.35. The van der Waals surface area contributed by atoms with Crippen molar-refractivity contribution in [2.75, 3.05) is 0 Å². The van der Waals surface area contributed by atoms with Crippen LogP contribution in [0.5, 0.6) is 0 Å². The summed E-state index contributed by atoms with van der Waals surface area (Å²) in [6, 6.07) is 34.0. The number of hydrogen-bond donors (Lipinski definition) is 0. The lowest BCUT2D eigenvalue weighted by Gasteiger charge is -2.68. The molecule has 0 saturated carbocycles. The Morgan fingerprint density at radius 1 is 0.442 bits per heavy atom. The van der Waals surface area contributed by atoms with E-state index in [2.05, 4.69) is 180 Å². The molecule has 0 amide bonds. The number of carbonyl (C=O) groups excluding carboxylic acids is 1. The first-order chi connectivity index (χ1) is 20.8. The van der Waals surface area contributed by atoms with Gasteiger partial charge in [0.15, 0.2) is 5.78 Å². The van der Waals surface area contributed by atoms with Gasteiger partial charge in [0.1, 0.15) is 12.3 Å². The SMILES string of the molecule is O=C1C2N(Cc3ccc(Br)cc3)C3CC(N2Cc2ccc(Br)cc2)N(Cc2ccc(Br)cc2)C1N3Cc1ccc(Br)cc1. The molecule has 0 aromatic heterocycles. The third kappa shape index (κ3) is 6.12. The number of carbonyl (C=O) groups is 1. The van der Waals surface area contributed by atoms with Gasteiger partial charge in [-0.25, -0.2) is 0 Å². The summed E-state index contributed by atoms with van der Waals surface area (Å²) in [7, 11) is 0. The molecule has 0 unspecified atom stereocenters. The van der Waals surface area contributed by atoms with Crippen LogP contribution in [0.1, 0.15) is 28.7 Å². The Morgan fingerprint density at radius 3 is 0.907 bits per heavy atom. The lowest BCUT2D eigenvalue weighted by molar-refractivity contribution is -0.269. The lowest BCUT2D eigenvalue weighted by Crippen LogP contribution is -2.85. The summed E-state index contributed by atoms with van der Waals surface area (Å²) in [4.78, 5) is 24.6. The molecule has 0 aliphatic carbocycles. The highest BCUT2D eigenvalue weighted by Gasteiger charge is 2.62. The lowest BCUT2D eigenvalue weighted by atomic mass is 9.88. The molecule has 4 aromatic carbocycles. The van der Waals surface area contributed by atoms with Gasteiger partial charge in [-0.3, -0.25) is 24.4 Å². The predicted molar refractivity (Wildman–Crippen MR) is 184 cm³/mol. The molecule has 4 aliphatic heterocycles. The standard InChI is InChI=1S/C34H30Br4N4O/c35-26-9-1-22(2-10-26)18-39-30-17-31-41(20-24-5-13-28(37)14-6-24)33(39)32(43)34(40(30)19-23-3-11-27(36)12-4-23)42(31)21-25-7-15-29(38)16-8-25/h1-16,30-31,33-34H,17-21H2. The van der Waals surface area contributed by atoms with E-state index >= 15 is 0 Å². The Hall–Kier alpha value is -1.69. The molecule has 8 rings (SSSR count). The van der Waals surface area contributed by atoms with Gasteiger partial charge in [0, 0.05) is 50.5 Å². The monoisotopic (exact) mass is 826 g/mol. The van der Waals surface area contributed by atoms with Crippen LogP contribution in [0.15, 0.2) is 115 Å². The Morgan fingerprint density at radius 2 is 0.674 bits per heavy atom. The number of benzene rings is 4. The molecule has 4 aliphatic rings. The van der Waals surface area contributed by atoms with Crippen molar-refractivity contribution < 1.29 is 4.79 Å². The van der Waals surface area contributed by atoms with E-state index in [1.807, 2.05) is 0 Å². The van der Waals surface area contributed by atoms with Gasteiger partial charge in [0.2, 0.25) is 0 Å². The van der Waals surface area contributed by atoms with Crippen molar-refractivity contribution in [3.63, 3.8) is 0 Å². The topological polar surface area (TPSA) is 30.0 Å². The second-order valence-corrected chi connectivity index (χ2v) is 15.2. The summed E-state index contributed by atoms with van der Waals surface area (Å²) in [5.41, 5.74) is 4.84. The van der Waals surface area contributed by atoms with E-state index in [-0.39, 0.29) is 30.4 Å². The van der Waals surface area contributed by atoms with Crippen molar-refractivity contribution in [1.29, 1.82) is 0 Å². The van der Waals surface area contributed by atoms with E-state index in [9.17, 15) is 4.79 Å². The second kappa shape index (κ2) is 12.6. The molecular formula is C34H30Br4N4O. The highest BCUT2D eigenvalue weighted by Crippen LogP contribution is 2.46. The van der Waals surface area contributed by atoms with Crippen molar-refractivity contribution in [3.05, 3.63) is 137 Å².